The Morgan fingerprint density at radius 2 is 1.95 bits per heavy atom. The first-order valence-electron chi connectivity index (χ1n) is 7.13. The molecule has 118 valence electrons. The molecule has 1 aliphatic heterocycles. The Bertz CT molecular complexity index is 585. The molecular formula is C13H19ClN2O4S. The molecule has 2 amide bonds. The second-order valence-electron chi connectivity index (χ2n) is 5.16. The van der Waals surface area contributed by atoms with Crippen LogP contribution in [-0.2, 0) is 19.8 Å². The first kappa shape index (κ1) is 16.3. The third-order valence-corrected chi connectivity index (χ3v) is 5.75. The topological polar surface area (TPSA) is 74.8 Å². The minimum absolute atomic E-state index is 0.0977. The summed E-state index contributed by atoms with van der Waals surface area (Å²) >= 11 is 5.55. The Kier molecular flexibility index (Phi) is 4.93. The van der Waals surface area contributed by atoms with Gasteiger partial charge in [-0.3, -0.25) is 9.59 Å². The fourth-order valence-electron chi connectivity index (χ4n) is 2.69. The van der Waals surface area contributed by atoms with Crippen molar-refractivity contribution in [2.75, 3.05) is 12.4 Å². The molecule has 1 heterocycles. The first-order valence-corrected chi connectivity index (χ1v) is 9.06. The molecule has 6 nitrogen and oxygen atoms in total. The van der Waals surface area contributed by atoms with Crippen molar-refractivity contribution in [3.8, 4) is 0 Å². The zero-order valence-corrected chi connectivity index (χ0v) is 13.5. The molecule has 0 fully saturated rings. The smallest absolute Gasteiger partial charge is 0.272 e. The fraction of sp³-hybridized carbons (Fsp3) is 0.692. The predicted octanol–water partition coefficient (Wildman–Crippen LogP) is 1.77. The van der Waals surface area contributed by atoms with Crippen LogP contribution in [0.25, 0.3) is 0 Å². The van der Waals surface area contributed by atoms with E-state index in [0.29, 0.717) is 30.5 Å². The van der Waals surface area contributed by atoms with Gasteiger partial charge in [-0.25, -0.2) is 4.31 Å². The molecule has 1 aliphatic carbocycles. The van der Waals surface area contributed by atoms with Crippen LogP contribution in [0.15, 0.2) is 11.3 Å². The number of hydrogen-bond acceptors (Lipinski definition) is 4. The summed E-state index contributed by atoms with van der Waals surface area (Å²) in [5, 5.41) is 0. The average Bonchev–Trinajstić information content (AvgIpc) is 2.46. The molecule has 0 spiro atoms. The lowest BCUT2D eigenvalue weighted by molar-refractivity contribution is -0.126. The van der Waals surface area contributed by atoms with E-state index >= 15 is 0 Å². The van der Waals surface area contributed by atoms with Gasteiger partial charge in [-0.15, -0.1) is 11.6 Å². The summed E-state index contributed by atoms with van der Waals surface area (Å²) in [6, 6.07) is 0. The molecule has 0 saturated heterocycles. The van der Waals surface area contributed by atoms with Gasteiger partial charge in [0.05, 0.1) is 0 Å². The van der Waals surface area contributed by atoms with Crippen molar-refractivity contribution in [2.24, 2.45) is 0 Å². The van der Waals surface area contributed by atoms with E-state index < -0.39 is 27.9 Å². The molecular weight excluding hydrogens is 316 g/mol. The highest BCUT2D eigenvalue weighted by atomic mass is 35.5. The summed E-state index contributed by atoms with van der Waals surface area (Å²) in [5.74, 6) is -1.59. The van der Waals surface area contributed by atoms with Gasteiger partial charge in [0.15, 0.2) is 0 Å². The Hall–Kier alpha value is -1.08. The minimum atomic E-state index is -4.14. The second kappa shape index (κ2) is 6.36. The van der Waals surface area contributed by atoms with E-state index in [0.717, 1.165) is 27.9 Å². The number of halogens is 1. The van der Waals surface area contributed by atoms with Crippen LogP contribution in [0.4, 0.5) is 0 Å². The molecule has 21 heavy (non-hydrogen) atoms. The van der Waals surface area contributed by atoms with E-state index in [4.69, 9.17) is 11.6 Å². The number of allylic oxidation sites excluding steroid dienone is 1. The van der Waals surface area contributed by atoms with Gasteiger partial charge in [0, 0.05) is 17.8 Å². The van der Waals surface area contributed by atoms with E-state index in [1.165, 1.54) is 0 Å². The number of alkyl halides is 1. The Labute approximate surface area is 129 Å². The highest BCUT2D eigenvalue weighted by molar-refractivity contribution is 7.88. The third kappa shape index (κ3) is 2.81. The van der Waals surface area contributed by atoms with Gasteiger partial charge in [-0.05, 0) is 32.1 Å². The molecule has 0 aromatic heterocycles. The Morgan fingerprint density at radius 1 is 1.29 bits per heavy atom. The van der Waals surface area contributed by atoms with E-state index in [2.05, 4.69) is 0 Å². The van der Waals surface area contributed by atoms with Crippen LogP contribution in [0.2, 0.25) is 0 Å². The Balaban J connectivity index is 2.52. The van der Waals surface area contributed by atoms with Gasteiger partial charge >= 0.3 is 10.2 Å². The maximum Gasteiger partial charge on any atom is 0.335 e. The van der Waals surface area contributed by atoms with Crippen LogP contribution in [0.1, 0.15) is 45.4 Å². The molecule has 8 heteroatoms. The largest absolute Gasteiger partial charge is 0.335 e. The van der Waals surface area contributed by atoms with Gasteiger partial charge in [-0.1, -0.05) is 13.3 Å². The molecule has 0 N–H and O–H groups in total. The monoisotopic (exact) mass is 334 g/mol. The van der Waals surface area contributed by atoms with E-state index in [1.54, 1.807) is 0 Å². The van der Waals surface area contributed by atoms with Crippen LogP contribution < -0.4 is 0 Å². The van der Waals surface area contributed by atoms with Crippen LogP contribution in [-0.4, -0.2) is 41.3 Å². The zero-order valence-electron chi connectivity index (χ0n) is 12.0. The van der Waals surface area contributed by atoms with Crippen LogP contribution in [0, 0.1) is 0 Å². The van der Waals surface area contributed by atoms with E-state index in [-0.39, 0.29) is 6.54 Å². The SMILES string of the molecule is CCCCN1C(=O)C2=C(CCCC2)N(C(=O)CCl)S1(=O)=O. The van der Waals surface area contributed by atoms with Crippen molar-refractivity contribution in [3.63, 3.8) is 0 Å². The number of amides is 2. The lowest BCUT2D eigenvalue weighted by Crippen LogP contribution is -2.54. The molecule has 0 aromatic carbocycles. The summed E-state index contributed by atoms with van der Waals surface area (Å²) < 4.78 is 26.8. The summed E-state index contributed by atoms with van der Waals surface area (Å²) in [6.07, 6.45) is 3.85. The standard InChI is InChI=1S/C13H19ClN2O4S/c1-2-3-8-15-13(18)10-6-4-5-7-11(10)16(12(17)9-14)21(15,19)20/h2-9H2,1H3. The van der Waals surface area contributed by atoms with Crippen molar-refractivity contribution >= 4 is 33.6 Å². The van der Waals surface area contributed by atoms with Crippen molar-refractivity contribution < 1.29 is 18.0 Å². The molecule has 0 bridgehead atoms. The van der Waals surface area contributed by atoms with Crippen molar-refractivity contribution in [3.05, 3.63) is 11.3 Å². The zero-order chi connectivity index (χ0) is 15.6. The van der Waals surface area contributed by atoms with Gasteiger partial charge < -0.3 is 0 Å². The normalized spacial score (nSPS) is 21.5. The lowest BCUT2D eigenvalue weighted by Gasteiger charge is -2.38. The number of hydrogen-bond donors (Lipinski definition) is 0. The van der Waals surface area contributed by atoms with Crippen LogP contribution in [0.3, 0.4) is 0 Å². The number of unbranched alkanes of at least 4 members (excludes halogenated alkanes) is 1. The Morgan fingerprint density at radius 3 is 2.57 bits per heavy atom. The highest BCUT2D eigenvalue weighted by Gasteiger charge is 2.45. The molecule has 0 radical (unpaired) electrons. The average molecular weight is 335 g/mol. The molecule has 2 aliphatic rings. The van der Waals surface area contributed by atoms with Crippen molar-refractivity contribution in [1.82, 2.24) is 8.61 Å². The van der Waals surface area contributed by atoms with Crippen LogP contribution >= 0.6 is 11.6 Å². The van der Waals surface area contributed by atoms with Crippen molar-refractivity contribution in [2.45, 2.75) is 45.4 Å². The highest BCUT2D eigenvalue weighted by Crippen LogP contribution is 2.36. The van der Waals surface area contributed by atoms with E-state index in [1.807, 2.05) is 6.92 Å². The van der Waals surface area contributed by atoms with Gasteiger partial charge in [0.2, 0.25) is 0 Å². The quantitative estimate of drug-likeness (QED) is 0.734. The summed E-state index contributed by atoms with van der Waals surface area (Å²) in [6.45, 7) is 2.01. The van der Waals surface area contributed by atoms with Gasteiger partial charge in [0.25, 0.3) is 11.8 Å². The third-order valence-electron chi connectivity index (χ3n) is 3.73. The molecule has 0 atom stereocenters. The summed E-state index contributed by atoms with van der Waals surface area (Å²) in [7, 11) is -4.14. The van der Waals surface area contributed by atoms with Crippen molar-refractivity contribution in [1.29, 1.82) is 0 Å². The maximum absolute atomic E-state index is 12.6. The number of carbonyl (C=O) groups excluding carboxylic acids is 2. The fourth-order valence-corrected chi connectivity index (χ4v) is 4.56. The van der Waals surface area contributed by atoms with Crippen LogP contribution in [0.5, 0.6) is 0 Å². The molecule has 0 saturated carbocycles. The number of rotatable bonds is 4. The minimum Gasteiger partial charge on any atom is -0.272 e. The summed E-state index contributed by atoms with van der Waals surface area (Å²) in [4.78, 5) is 24.5. The predicted molar refractivity (Wildman–Crippen MR) is 78.6 cm³/mol. The lowest BCUT2D eigenvalue weighted by atomic mass is 9.95. The number of carbonyl (C=O) groups is 2. The molecule has 0 aromatic rings. The second-order valence-corrected chi connectivity index (χ2v) is 7.13. The van der Waals surface area contributed by atoms with Gasteiger partial charge in [0.1, 0.15) is 5.88 Å². The maximum atomic E-state index is 12.6. The molecule has 0 unspecified atom stereocenters. The first-order chi connectivity index (χ1) is 9.95. The van der Waals surface area contributed by atoms with E-state index in [9.17, 15) is 18.0 Å². The van der Waals surface area contributed by atoms with Gasteiger partial charge in [-0.2, -0.15) is 12.7 Å². The molecule has 2 rings (SSSR count). The number of nitrogens with zero attached hydrogens (tertiary/aromatic N) is 2. The summed E-state index contributed by atoms with van der Waals surface area (Å²) in [5.41, 5.74) is 0.773.